The largest absolute Gasteiger partial charge is 0.466 e. The van der Waals surface area contributed by atoms with E-state index in [1.807, 2.05) is 61.5 Å². The molecule has 2 amide bonds. The SMILES string of the molecule is C=CCN(C(=O)C1N([C@@H](CO)Cc2ccccc2)C(=O)[C@@H]2[C@H](C(=O)OCC)[C@]3(C)CCC12O3)c1ccc(N(CC)CC)cc1. The molecule has 5 rings (SSSR count). The van der Waals surface area contributed by atoms with Gasteiger partial charge in [-0.3, -0.25) is 14.4 Å². The molecule has 3 saturated heterocycles. The Balaban J connectivity index is 1.60. The summed E-state index contributed by atoms with van der Waals surface area (Å²) >= 11 is 0. The summed E-state index contributed by atoms with van der Waals surface area (Å²) in [6.45, 7) is 13.4. The van der Waals surface area contributed by atoms with Gasteiger partial charge in [-0.05, 0) is 76.8 Å². The monoisotopic (exact) mass is 603 g/mol. The Morgan fingerprint density at radius 1 is 1.09 bits per heavy atom. The number of hydrogen-bond donors (Lipinski definition) is 1. The topological polar surface area (TPSA) is 99.6 Å². The highest BCUT2D eigenvalue weighted by Crippen LogP contribution is 2.63. The molecule has 6 atom stereocenters. The van der Waals surface area contributed by atoms with Crippen LogP contribution in [0.5, 0.6) is 0 Å². The molecule has 0 radical (unpaired) electrons. The van der Waals surface area contributed by atoms with Gasteiger partial charge in [0.25, 0.3) is 5.91 Å². The highest BCUT2D eigenvalue weighted by atomic mass is 16.6. The Morgan fingerprint density at radius 3 is 2.34 bits per heavy atom. The lowest BCUT2D eigenvalue weighted by Crippen LogP contribution is -2.59. The Labute approximate surface area is 260 Å². The lowest BCUT2D eigenvalue weighted by atomic mass is 9.66. The normalized spacial score (nSPS) is 27.6. The average Bonchev–Trinajstić information content (AvgIpc) is 3.60. The minimum atomic E-state index is -1.23. The molecule has 0 saturated carbocycles. The van der Waals surface area contributed by atoms with Crippen molar-refractivity contribution < 1.29 is 29.0 Å². The number of aliphatic hydroxyl groups excluding tert-OH is 1. The Morgan fingerprint density at radius 2 is 1.75 bits per heavy atom. The summed E-state index contributed by atoms with van der Waals surface area (Å²) in [6, 6.07) is 15.6. The molecule has 2 bridgehead atoms. The minimum Gasteiger partial charge on any atom is -0.466 e. The quantitative estimate of drug-likeness (QED) is 0.273. The molecule has 3 fully saturated rings. The van der Waals surface area contributed by atoms with Crippen LogP contribution in [0.2, 0.25) is 0 Å². The van der Waals surface area contributed by atoms with Crippen molar-refractivity contribution in [3.63, 3.8) is 0 Å². The van der Waals surface area contributed by atoms with E-state index in [2.05, 4.69) is 25.3 Å². The van der Waals surface area contributed by atoms with Crippen molar-refractivity contribution in [1.82, 2.24) is 4.90 Å². The van der Waals surface area contributed by atoms with Crippen molar-refractivity contribution in [2.24, 2.45) is 11.8 Å². The molecule has 1 spiro atoms. The smallest absolute Gasteiger partial charge is 0.312 e. The number of esters is 1. The Kier molecular flexibility index (Phi) is 9.18. The number of fused-ring (bicyclic) bond motifs is 1. The Hall–Kier alpha value is -3.69. The zero-order chi connectivity index (χ0) is 31.6. The van der Waals surface area contributed by atoms with Crippen LogP contribution in [-0.2, 0) is 30.3 Å². The number of amides is 2. The highest BCUT2D eigenvalue weighted by molar-refractivity contribution is 6.05. The molecule has 2 aromatic rings. The zero-order valence-electron chi connectivity index (χ0n) is 26.3. The van der Waals surface area contributed by atoms with Gasteiger partial charge in [0.05, 0.1) is 30.8 Å². The molecule has 2 aromatic carbocycles. The van der Waals surface area contributed by atoms with Crippen LogP contribution in [0.1, 0.15) is 46.1 Å². The first-order valence-electron chi connectivity index (χ1n) is 15.8. The fourth-order valence-corrected chi connectivity index (χ4v) is 7.79. The van der Waals surface area contributed by atoms with Gasteiger partial charge in [0.15, 0.2) is 0 Å². The summed E-state index contributed by atoms with van der Waals surface area (Å²) in [5, 5.41) is 10.7. The van der Waals surface area contributed by atoms with Gasteiger partial charge in [-0.2, -0.15) is 0 Å². The summed E-state index contributed by atoms with van der Waals surface area (Å²) in [5.41, 5.74) is 0.481. The molecule has 1 N–H and O–H groups in total. The number of ether oxygens (including phenoxy) is 2. The molecular formula is C35H45N3O6. The van der Waals surface area contributed by atoms with Gasteiger partial charge < -0.3 is 29.3 Å². The van der Waals surface area contributed by atoms with Crippen LogP contribution in [0, 0.1) is 11.8 Å². The van der Waals surface area contributed by atoms with Gasteiger partial charge in [-0.15, -0.1) is 6.58 Å². The molecule has 44 heavy (non-hydrogen) atoms. The number of carbonyl (C=O) groups excluding carboxylic acids is 3. The summed E-state index contributed by atoms with van der Waals surface area (Å²) < 4.78 is 12.2. The lowest BCUT2D eigenvalue weighted by molar-refractivity contribution is -0.160. The van der Waals surface area contributed by atoms with E-state index in [1.165, 1.54) is 4.90 Å². The van der Waals surface area contributed by atoms with Crippen LogP contribution in [0.25, 0.3) is 0 Å². The summed E-state index contributed by atoms with van der Waals surface area (Å²) in [6.07, 6.45) is 2.96. The summed E-state index contributed by atoms with van der Waals surface area (Å²) in [7, 11) is 0. The number of aliphatic hydroxyl groups is 1. The van der Waals surface area contributed by atoms with Crippen LogP contribution in [-0.4, -0.2) is 83.9 Å². The molecule has 9 heteroatoms. The van der Waals surface area contributed by atoms with Gasteiger partial charge in [0.1, 0.15) is 17.6 Å². The second-order valence-electron chi connectivity index (χ2n) is 12.2. The van der Waals surface area contributed by atoms with Crippen molar-refractivity contribution in [3.8, 4) is 0 Å². The van der Waals surface area contributed by atoms with Gasteiger partial charge in [0, 0.05) is 31.0 Å². The third-order valence-corrected chi connectivity index (χ3v) is 9.77. The lowest BCUT2D eigenvalue weighted by Gasteiger charge is -2.39. The number of rotatable bonds is 13. The molecule has 236 valence electrons. The second-order valence-corrected chi connectivity index (χ2v) is 12.2. The maximum absolute atomic E-state index is 14.9. The van der Waals surface area contributed by atoms with Crippen molar-refractivity contribution in [3.05, 3.63) is 72.8 Å². The first kappa shape index (κ1) is 31.7. The maximum atomic E-state index is 14.9. The Bertz CT molecular complexity index is 1360. The fourth-order valence-electron chi connectivity index (χ4n) is 7.79. The van der Waals surface area contributed by atoms with E-state index < -0.39 is 41.1 Å². The molecule has 2 unspecified atom stereocenters. The van der Waals surface area contributed by atoms with Crippen molar-refractivity contribution >= 4 is 29.2 Å². The molecular weight excluding hydrogens is 558 g/mol. The molecule has 9 nitrogen and oxygen atoms in total. The third-order valence-electron chi connectivity index (χ3n) is 9.77. The number of carbonyl (C=O) groups is 3. The molecule has 0 aliphatic carbocycles. The molecule has 0 aromatic heterocycles. The predicted octanol–water partition coefficient (Wildman–Crippen LogP) is 3.98. The van der Waals surface area contributed by atoms with Crippen LogP contribution in [0.15, 0.2) is 67.3 Å². The van der Waals surface area contributed by atoms with Crippen LogP contribution >= 0.6 is 0 Å². The second kappa shape index (κ2) is 12.7. The molecule has 3 aliphatic rings. The van der Waals surface area contributed by atoms with Gasteiger partial charge in [-0.25, -0.2) is 0 Å². The number of anilines is 2. The minimum absolute atomic E-state index is 0.176. The van der Waals surface area contributed by atoms with E-state index >= 15 is 0 Å². The first-order valence-corrected chi connectivity index (χ1v) is 15.8. The van der Waals surface area contributed by atoms with Gasteiger partial charge in [0.2, 0.25) is 5.91 Å². The average molecular weight is 604 g/mol. The van der Waals surface area contributed by atoms with Crippen molar-refractivity contribution in [2.75, 3.05) is 42.6 Å². The van der Waals surface area contributed by atoms with Crippen LogP contribution < -0.4 is 9.80 Å². The standard InChI is InChI=1S/C35H45N3O6/c1-6-21-37(26-17-15-25(16-18-26)36(7-2)8-3)32(41)30-35-20-19-34(5,44-35)29(33(42)43-9-4)28(35)31(40)38(30)27(23-39)22-24-13-11-10-12-14-24/h6,10-18,27-30,39H,1,7-9,19-23H2,2-5H3/t27-,28+,29-,30?,34+,35?/m1/s1. The van der Waals surface area contributed by atoms with Crippen LogP contribution in [0.3, 0.4) is 0 Å². The first-order chi connectivity index (χ1) is 21.2. The van der Waals surface area contributed by atoms with E-state index in [1.54, 1.807) is 17.9 Å². The maximum Gasteiger partial charge on any atom is 0.312 e. The molecule has 3 aliphatic heterocycles. The number of benzene rings is 2. The number of nitrogens with zero attached hydrogens (tertiary/aromatic N) is 3. The van der Waals surface area contributed by atoms with Crippen molar-refractivity contribution in [2.45, 2.75) is 70.2 Å². The summed E-state index contributed by atoms with van der Waals surface area (Å²) in [4.78, 5) is 48.3. The predicted molar refractivity (Wildman–Crippen MR) is 169 cm³/mol. The van der Waals surface area contributed by atoms with E-state index in [-0.39, 0.29) is 31.6 Å². The number of hydrogen-bond acceptors (Lipinski definition) is 7. The summed E-state index contributed by atoms with van der Waals surface area (Å²) in [5.74, 6) is -2.90. The van der Waals surface area contributed by atoms with Gasteiger partial charge in [-0.1, -0.05) is 36.4 Å². The van der Waals surface area contributed by atoms with Crippen LogP contribution in [0.4, 0.5) is 11.4 Å². The fraction of sp³-hybridized carbons (Fsp3) is 0.514. The van der Waals surface area contributed by atoms with E-state index in [0.717, 1.165) is 24.3 Å². The highest BCUT2D eigenvalue weighted by Gasteiger charge is 2.79. The van der Waals surface area contributed by atoms with Gasteiger partial charge >= 0.3 is 5.97 Å². The molecule has 3 heterocycles. The third kappa shape index (κ3) is 5.20. The van der Waals surface area contributed by atoms with E-state index in [0.29, 0.717) is 24.9 Å². The number of likely N-dealkylation sites (tertiary alicyclic amines) is 1. The zero-order valence-corrected chi connectivity index (χ0v) is 26.3. The van der Waals surface area contributed by atoms with E-state index in [4.69, 9.17) is 9.47 Å². The van der Waals surface area contributed by atoms with Crippen molar-refractivity contribution in [1.29, 1.82) is 0 Å². The van der Waals surface area contributed by atoms with E-state index in [9.17, 15) is 19.5 Å².